The Morgan fingerprint density at radius 1 is 1.11 bits per heavy atom. The van der Waals surface area contributed by atoms with Gasteiger partial charge in [-0.1, -0.05) is 20.8 Å². The van der Waals surface area contributed by atoms with E-state index in [1.807, 2.05) is 21.5 Å². The molecule has 0 unspecified atom stereocenters. The van der Waals surface area contributed by atoms with Crippen molar-refractivity contribution in [3.63, 3.8) is 0 Å². The first-order valence-corrected chi connectivity index (χ1v) is 9.52. The second-order valence-corrected chi connectivity index (χ2v) is 8.42. The number of piperidine rings is 1. The van der Waals surface area contributed by atoms with Crippen LogP contribution in [0.2, 0.25) is 0 Å². The maximum absolute atomic E-state index is 11.9. The minimum absolute atomic E-state index is 0.0511. The van der Waals surface area contributed by atoms with Crippen LogP contribution in [-0.4, -0.2) is 42.5 Å². The Balaban J connectivity index is 1.57. The Morgan fingerprint density at radius 3 is 2.46 bits per heavy atom. The lowest BCUT2D eigenvalue weighted by Gasteiger charge is -2.32. The fourth-order valence-electron chi connectivity index (χ4n) is 3.55. The van der Waals surface area contributed by atoms with E-state index in [1.165, 1.54) is 13.1 Å². The summed E-state index contributed by atoms with van der Waals surface area (Å²) in [6, 6.07) is 5.44. The van der Waals surface area contributed by atoms with Gasteiger partial charge in [0.15, 0.2) is 11.5 Å². The number of nitrogens with zero attached hydrogens (tertiary/aromatic N) is 6. The van der Waals surface area contributed by atoms with Crippen molar-refractivity contribution in [1.29, 1.82) is 0 Å². The van der Waals surface area contributed by atoms with Gasteiger partial charge in [-0.3, -0.25) is 14.3 Å². The van der Waals surface area contributed by atoms with E-state index in [9.17, 15) is 9.59 Å². The molecule has 4 rings (SSSR count). The molecule has 4 heterocycles. The summed E-state index contributed by atoms with van der Waals surface area (Å²) in [5.41, 5.74) is 0.998. The predicted octanol–water partition coefficient (Wildman–Crippen LogP) is 1.19. The Bertz CT molecular complexity index is 1100. The highest BCUT2D eigenvalue weighted by Gasteiger charge is 2.27. The summed E-state index contributed by atoms with van der Waals surface area (Å²) in [6.07, 6.45) is 1.69. The van der Waals surface area contributed by atoms with Crippen LogP contribution in [-0.2, 0) is 12.5 Å². The third-order valence-corrected chi connectivity index (χ3v) is 5.39. The van der Waals surface area contributed by atoms with Crippen molar-refractivity contribution in [2.45, 2.75) is 44.9 Å². The molecule has 0 spiro atoms. The Hall–Kier alpha value is -2.97. The van der Waals surface area contributed by atoms with Crippen LogP contribution in [0.1, 0.15) is 51.0 Å². The van der Waals surface area contributed by atoms with Crippen LogP contribution < -0.4 is 16.1 Å². The molecule has 0 saturated carbocycles. The molecule has 1 N–H and O–H groups in total. The molecule has 0 aromatic carbocycles. The summed E-state index contributed by atoms with van der Waals surface area (Å²) >= 11 is 0. The lowest BCUT2D eigenvalue weighted by atomic mass is 9.92. The molecule has 1 aliphatic heterocycles. The average molecular weight is 383 g/mol. The first-order chi connectivity index (χ1) is 13.2. The molecule has 28 heavy (non-hydrogen) atoms. The Morgan fingerprint density at radius 2 is 1.82 bits per heavy atom. The highest BCUT2D eigenvalue weighted by Crippen LogP contribution is 2.29. The molecular weight excluding hydrogens is 358 g/mol. The molecule has 0 atom stereocenters. The number of aromatic nitrogens is 6. The molecule has 3 aromatic heterocycles. The quantitative estimate of drug-likeness (QED) is 0.713. The summed E-state index contributed by atoms with van der Waals surface area (Å²) in [6.45, 7) is 7.85. The standard InChI is InChI=1S/C19H25N7O2/c1-19(2,3)13-5-6-14-21-22-17(26(14)23-13)12-7-9-25(10-8-12)15-11-16(27)24(4)18(28)20-15/h5-6,11-12H,7-10H2,1-4H3,(H,20,28). The lowest BCUT2D eigenvalue weighted by molar-refractivity contribution is 0.469. The van der Waals surface area contributed by atoms with Crippen molar-refractivity contribution < 1.29 is 0 Å². The van der Waals surface area contributed by atoms with Crippen molar-refractivity contribution in [1.82, 2.24) is 29.4 Å². The summed E-state index contributed by atoms with van der Waals surface area (Å²) in [5, 5.41) is 13.5. The second-order valence-electron chi connectivity index (χ2n) is 8.42. The second kappa shape index (κ2) is 6.57. The highest BCUT2D eigenvalue weighted by molar-refractivity contribution is 5.39. The van der Waals surface area contributed by atoms with E-state index < -0.39 is 5.69 Å². The molecule has 0 aliphatic carbocycles. The monoisotopic (exact) mass is 383 g/mol. The van der Waals surface area contributed by atoms with E-state index in [0.29, 0.717) is 5.82 Å². The van der Waals surface area contributed by atoms with Gasteiger partial charge in [0, 0.05) is 37.5 Å². The lowest BCUT2D eigenvalue weighted by Crippen LogP contribution is -2.39. The molecule has 0 bridgehead atoms. The molecule has 1 saturated heterocycles. The van der Waals surface area contributed by atoms with E-state index in [1.54, 1.807) is 0 Å². The van der Waals surface area contributed by atoms with Crippen LogP contribution >= 0.6 is 0 Å². The molecule has 148 valence electrons. The number of fused-ring (bicyclic) bond motifs is 1. The zero-order valence-corrected chi connectivity index (χ0v) is 16.6. The van der Waals surface area contributed by atoms with Gasteiger partial charge in [0.05, 0.1) is 5.69 Å². The zero-order valence-electron chi connectivity index (χ0n) is 16.6. The van der Waals surface area contributed by atoms with Gasteiger partial charge in [0.25, 0.3) is 5.56 Å². The third-order valence-electron chi connectivity index (χ3n) is 5.39. The summed E-state index contributed by atoms with van der Waals surface area (Å²) in [4.78, 5) is 28.6. The van der Waals surface area contributed by atoms with Crippen molar-refractivity contribution in [2.75, 3.05) is 18.0 Å². The van der Waals surface area contributed by atoms with E-state index in [2.05, 4.69) is 36.0 Å². The zero-order chi connectivity index (χ0) is 20.1. The summed E-state index contributed by atoms with van der Waals surface area (Å²) < 4.78 is 2.93. The average Bonchev–Trinajstić information content (AvgIpc) is 3.08. The van der Waals surface area contributed by atoms with Gasteiger partial charge >= 0.3 is 5.69 Å². The molecule has 9 heteroatoms. The fourth-order valence-corrected chi connectivity index (χ4v) is 3.55. The molecular formula is C19H25N7O2. The van der Waals surface area contributed by atoms with Gasteiger partial charge in [0.1, 0.15) is 5.82 Å². The van der Waals surface area contributed by atoms with Crippen LogP contribution in [0.15, 0.2) is 27.8 Å². The van der Waals surface area contributed by atoms with E-state index in [0.717, 1.165) is 47.7 Å². The van der Waals surface area contributed by atoms with Crippen molar-refractivity contribution in [3.8, 4) is 0 Å². The normalized spacial score (nSPS) is 16.1. The van der Waals surface area contributed by atoms with E-state index in [4.69, 9.17) is 5.10 Å². The van der Waals surface area contributed by atoms with Gasteiger partial charge in [0.2, 0.25) is 0 Å². The molecule has 9 nitrogen and oxygen atoms in total. The first-order valence-electron chi connectivity index (χ1n) is 9.52. The molecule has 1 aliphatic rings. The number of anilines is 1. The number of H-pyrrole nitrogens is 1. The van der Waals surface area contributed by atoms with Gasteiger partial charge in [-0.2, -0.15) is 9.61 Å². The topological polar surface area (TPSA) is 101 Å². The van der Waals surface area contributed by atoms with E-state index >= 15 is 0 Å². The summed E-state index contributed by atoms with van der Waals surface area (Å²) in [5.74, 6) is 1.68. The molecule has 1 fully saturated rings. The maximum atomic E-state index is 11.9. The summed E-state index contributed by atoms with van der Waals surface area (Å²) in [7, 11) is 1.46. The minimum Gasteiger partial charge on any atom is -0.358 e. The molecule has 0 radical (unpaired) electrons. The Kier molecular flexibility index (Phi) is 4.32. The third kappa shape index (κ3) is 3.21. The number of aromatic amines is 1. The maximum Gasteiger partial charge on any atom is 0.329 e. The van der Waals surface area contributed by atoms with Crippen LogP contribution in [0, 0.1) is 0 Å². The number of rotatable bonds is 2. The van der Waals surface area contributed by atoms with Crippen LogP contribution in [0.3, 0.4) is 0 Å². The van der Waals surface area contributed by atoms with Crippen molar-refractivity contribution in [3.05, 3.63) is 50.6 Å². The SMILES string of the molecule is Cn1c(=O)cc(N2CCC(c3nnc4ccc(C(C)(C)C)nn34)CC2)[nH]c1=O. The van der Waals surface area contributed by atoms with Gasteiger partial charge in [-0.15, -0.1) is 10.2 Å². The molecule has 0 amide bonds. The predicted molar refractivity (Wildman–Crippen MR) is 106 cm³/mol. The largest absolute Gasteiger partial charge is 0.358 e. The smallest absolute Gasteiger partial charge is 0.329 e. The van der Waals surface area contributed by atoms with Gasteiger partial charge in [-0.05, 0) is 25.0 Å². The van der Waals surface area contributed by atoms with Crippen LogP contribution in [0.4, 0.5) is 5.82 Å². The Labute approximate surface area is 162 Å². The van der Waals surface area contributed by atoms with Gasteiger partial charge < -0.3 is 4.90 Å². The van der Waals surface area contributed by atoms with Crippen LogP contribution in [0.5, 0.6) is 0 Å². The number of hydrogen-bond acceptors (Lipinski definition) is 6. The number of hydrogen-bond donors (Lipinski definition) is 1. The van der Waals surface area contributed by atoms with E-state index in [-0.39, 0.29) is 16.9 Å². The minimum atomic E-state index is -0.396. The fraction of sp³-hybridized carbons (Fsp3) is 0.526. The molecule has 3 aromatic rings. The highest BCUT2D eigenvalue weighted by atomic mass is 16.2. The van der Waals surface area contributed by atoms with Crippen molar-refractivity contribution in [2.24, 2.45) is 7.05 Å². The van der Waals surface area contributed by atoms with Crippen molar-refractivity contribution >= 4 is 11.5 Å². The van der Waals surface area contributed by atoms with Crippen LogP contribution in [0.25, 0.3) is 5.65 Å². The first kappa shape index (κ1) is 18.4. The van der Waals surface area contributed by atoms with Gasteiger partial charge in [-0.25, -0.2) is 4.79 Å². The number of nitrogens with one attached hydrogen (secondary N) is 1.